The Balaban J connectivity index is 1.99. The Bertz CT molecular complexity index is 493. The molecule has 2 nitrogen and oxygen atoms in total. The smallest absolute Gasteiger partial charge is 0.124 e. The van der Waals surface area contributed by atoms with Gasteiger partial charge in [-0.05, 0) is 38.3 Å². The minimum absolute atomic E-state index is 0.205. The van der Waals surface area contributed by atoms with E-state index in [4.69, 9.17) is 4.74 Å². The van der Waals surface area contributed by atoms with Crippen molar-refractivity contribution >= 4 is 11.3 Å². The summed E-state index contributed by atoms with van der Waals surface area (Å²) >= 11 is 1.79. The van der Waals surface area contributed by atoms with E-state index >= 15 is 0 Å². The second-order valence-corrected chi connectivity index (χ2v) is 5.87. The van der Waals surface area contributed by atoms with Crippen molar-refractivity contribution in [1.29, 1.82) is 0 Å². The highest BCUT2D eigenvalue weighted by molar-refractivity contribution is 7.10. The van der Waals surface area contributed by atoms with Gasteiger partial charge in [0.05, 0.1) is 6.10 Å². The predicted octanol–water partition coefficient (Wildman–Crippen LogP) is 4.39. The first-order chi connectivity index (χ1) is 9.16. The second-order valence-electron chi connectivity index (χ2n) is 4.89. The molecule has 1 aromatic heterocycles. The zero-order valence-corrected chi connectivity index (χ0v) is 12.5. The van der Waals surface area contributed by atoms with Crippen LogP contribution in [0.15, 0.2) is 41.8 Å². The fraction of sp³-hybridized carbons (Fsp3) is 0.375. The van der Waals surface area contributed by atoms with Gasteiger partial charge in [-0.15, -0.1) is 11.3 Å². The lowest BCUT2D eigenvalue weighted by Crippen LogP contribution is -2.18. The van der Waals surface area contributed by atoms with Crippen LogP contribution in [0.4, 0.5) is 0 Å². The summed E-state index contributed by atoms with van der Waals surface area (Å²) in [6, 6.07) is 12.8. The average molecular weight is 275 g/mol. The van der Waals surface area contributed by atoms with E-state index in [1.54, 1.807) is 11.3 Å². The number of para-hydroxylation sites is 1. The molecular weight excluding hydrogens is 254 g/mol. The number of rotatable bonds is 6. The Morgan fingerprint density at radius 1 is 1.11 bits per heavy atom. The number of hydrogen-bond acceptors (Lipinski definition) is 3. The van der Waals surface area contributed by atoms with Gasteiger partial charge >= 0.3 is 0 Å². The molecular formula is C16H21NOS. The molecule has 3 heteroatoms. The van der Waals surface area contributed by atoms with E-state index in [1.165, 1.54) is 10.4 Å². The highest BCUT2D eigenvalue weighted by Gasteiger charge is 2.08. The van der Waals surface area contributed by atoms with Crippen molar-refractivity contribution in [3.05, 3.63) is 52.2 Å². The van der Waals surface area contributed by atoms with Crippen LogP contribution in [0.25, 0.3) is 0 Å². The summed E-state index contributed by atoms with van der Waals surface area (Å²) in [6.07, 6.45) is 0.205. The minimum Gasteiger partial charge on any atom is -0.491 e. The number of ether oxygens (including phenoxy) is 1. The summed E-state index contributed by atoms with van der Waals surface area (Å²) < 4.78 is 5.83. The summed E-state index contributed by atoms with van der Waals surface area (Å²) in [5, 5.41) is 5.66. The first-order valence-corrected chi connectivity index (χ1v) is 7.56. The SMILES string of the molecule is CC(C)Oc1ccccc1CNC(C)c1cccs1. The first kappa shape index (κ1) is 14.1. The molecule has 0 aliphatic rings. The third-order valence-electron chi connectivity index (χ3n) is 2.90. The van der Waals surface area contributed by atoms with Gasteiger partial charge in [-0.1, -0.05) is 24.3 Å². The van der Waals surface area contributed by atoms with E-state index in [1.807, 2.05) is 12.1 Å². The molecule has 0 fully saturated rings. The third kappa shape index (κ3) is 4.08. The van der Waals surface area contributed by atoms with Gasteiger partial charge in [-0.2, -0.15) is 0 Å². The zero-order chi connectivity index (χ0) is 13.7. The van der Waals surface area contributed by atoms with E-state index in [0.29, 0.717) is 6.04 Å². The summed E-state index contributed by atoms with van der Waals surface area (Å²) in [7, 11) is 0. The molecule has 19 heavy (non-hydrogen) atoms. The van der Waals surface area contributed by atoms with E-state index in [-0.39, 0.29) is 6.10 Å². The highest BCUT2D eigenvalue weighted by atomic mass is 32.1. The van der Waals surface area contributed by atoms with Crippen molar-refractivity contribution < 1.29 is 4.74 Å². The van der Waals surface area contributed by atoms with Crippen LogP contribution in [0.2, 0.25) is 0 Å². The van der Waals surface area contributed by atoms with Gasteiger partial charge in [-0.3, -0.25) is 0 Å². The maximum atomic E-state index is 5.83. The average Bonchev–Trinajstić information content (AvgIpc) is 2.90. The summed E-state index contributed by atoms with van der Waals surface area (Å²) in [5.74, 6) is 0.975. The lowest BCUT2D eigenvalue weighted by Gasteiger charge is -2.16. The minimum atomic E-state index is 0.205. The van der Waals surface area contributed by atoms with Crippen LogP contribution in [0.1, 0.15) is 37.3 Å². The Morgan fingerprint density at radius 3 is 2.58 bits per heavy atom. The van der Waals surface area contributed by atoms with Crippen LogP contribution >= 0.6 is 11.3 Å². The third-order valence-corrected chi connectivity index (χ3v) is 3.96. The number of hydrogen-bond donors (Lipinski definition) is 1. The van der Waals surface area contributed by atoms with E-state index in [9.17, 15) is 0 Å². The number of thiophene rings is 1. The van der Waals surface area contributed by atoms with Gasteiger partial charge in [0.2, 0.25) is 0 Å². The Kier molecular flexibility index (Phi) is 5.00. The van der Waals surface area contributed by atoms with Gasteiger partial charge in [0.15, 0.2) is 0 Å². The second kappa shape index (κ2) is 6.73. The number of nitrogens with one attached hydrogen (secondary N) is 1. The van der Waals surface area contributed by atoms with Crippen LogP contribution < -0.4 is 10.1 Å². The van der Waals surface area contributed by atoms with Gasteiger partial charge in [0.25, 0.3) is 0 Å². The molecule has 0 aliphatic heterocycles. The molecule has 2 rings (SSSR count). The molecule has 0 aliphatic carbocycles. The standard InChI is InChI=1S/C16H21NOS/c1-12(2)18-15-8-5-4-7-14(15)11-17-13(3)16-9-6-10-19-16/h4-10,12-13,17H,11H2,1-3H3. The van der Waals surface area contributed by atoms with E-state index in [2.05, 4.69) is 55.7 Å². The molecule has 1 atom stereocenters. The van der Waals surface area contributed by atoms with Crippen LogP contribution in [0, 0.1) is 0 Å². The van der Waals surface area contributed by atoms with Gasteiger partial charge in [0.1, 0.15) is 5.75 Å². The van der Waals surface area contributed by atoms with Gasteiger partial charge in [0, 0.05) is 23.0 Å². The fourth-order valence-corrected chi connectivity index (χ4v) is 2.68. The highest BCUT2D eigenvalue weighted by Crippen LogP contribution is 2.22. The van der Waals surface area contributed by atoms with E-state index < -0.39 is 0 Å². The Labute approximate surface area is 119 Å². The van der Waals surface area contributed by atoms with Crippen LogP contribution in [-0.2, 0) is 6.54 Å². The van der Waals surface area contributed by atoms with Crippen molar-refractivity contribution in [2.75, 3.05) is 0 Å². The van der Waals surface area contributed by atoms with Crippen molar-refractivity contribution in [2.45, 2.75) is 39.5 Å². The molecule has 1 aromatic carbocycles. The normalized spacial score (nSPS) is 12.6. The molecule has 0 spiro atoms. The quantitative estimate of drug-likeness (QED) is 0.844. The maximum Gasteiger partial charge on any atom is 0.124 e. The molecule has 0 bridgehead atoms. The molecule has 0 saturated carbocycles. The van der Waals surface area contributed by atoms with Crippen LogP contribution in [-0.4, -0.2) is 6.10 Å². The maximum absolute atomic E-state index is 5.83. The monoisotopic (exact) mass is 275 g/mol. The van der Waals surface area contributed by atoms with Crippen molar-refractivity contribution in [3.8, 4) is 5.75 Å². The van der Waals surface area contributed by atoms with Crippen LogP contribution in [0.3, 0.4) is 0 Å². The topological polar surface area (TPSA) is 21.3 Å². The van der Waals surface area contributed by atoms with Gasteiger partial charge < -0.3 is 10.1 Å². The van der Waals surface area contributed by atoms with Crippen molar-refractivity contribution in [2.24, 2.45) is 0 Å². The molecule has 0 amide bonds. The molecule has 102 valence electrons. The van der Waals surface area contributed by atoms with Crippen molar-refractivity contribution in [3.63, 3.8) is 0 Å². The fourth-order valence-electron chi connectivity index (χ4n) is 1.92. The molecule has 1 N–H and O–H groups in total. The Morgan fingerprint density at radius 2 is 1.89 bits per heavy atom. The number of benzene rings is 1. The summed E-state index contributed by atoms with van der Waals surface area (Å²) in [4.78, 5) is 1.36. The van der Waals surface area contributed by atoms with Crippen molar-refractivity contribution in [1.82, 2.24) is 5.32 Å². The van der Waals surface area contributed by atoms with Crippen LogP contribution in [0.5, 0.6) is 5.75 Å². The molecule has 2 aromatic rings. The summed E-state index contributed by atoms with van der Waals surface area (Å²) in [5.41, 5.74) is 1.21. The molecule has 0 radical (unpaired) electrons. The lowest BCUT2D eigenvalue weighted by molar-refractivity contribution is 0.239. The van der Waals surface area contributed by atoms with Gasteiger partial charge in [-0.25, -0.2) is 0 Å². The predicted molar refractivity (Wildman–Crippen MR) is 81.8 cm³/mol. The molecule has 0 saturated heterocycles. The first-order valence-electron chi connectivity index (χ1n) is 6.68. The summed E-state index contributed by atoms with van der Waals surface area (Å²) in [6.45, 7) is 7.12. The largest absolute Gasteiger partial charge is 0.491 e. The zero-order valence-electron chi connectivity index (χ0n) is 11.7. The van der Waals surface area contributed by atoms with E-state index in [0.717, 1.165) is 12.3 Å². The lowest BCUT2D eigenvalue weighted by atomic mass is 10.2. The molecule has 1 heterocycles. The Hall–Kier alpha value is -1.32. The molecule has 1 unspecified atom stereocenters.